The molecule has 1 aliphatic rings. The maximum Gasteiger partial charge on any atom is 0.355 e. The Morgan fingerprint density at radius 3 is 2.32 bits per heavy atom. The number of ether oxygens (including phenoxy) is 2. The van der Waals surface area contributed by atoms with E-state index in [9.17, 15) is 32.7 Å². The normalized spacial score (nSPS) is 13.9. The van der Waals surface area contributed by atoms with Gasteiger partial charge in [-0.1, -0.05) is 6.08 Å². The largest absolute Gasteiger partial charge is 0.465 e. The van der Waals surface area contributed by atoms with Gasteiger partial charge in [0.1, 0.15) is 5.70 Å². The van der Waals surface area contributed by atoms with E-state index in [2.05, 4.69) is 4.74 Å². The van der Waals surface area contributed by atoms with Gasteiger partial charge in [-0.15, -0.1) is 0 Å². The molecule has 0 bridgehead atoms. The van der Waals surface area contributed by atoms with E-state index in [0.717, 1.165) is 37.3 Å². The van der Waals surface area contributed by atoms with Gasteiger partial charge in [0.2, 0.25) is 0 Å². The lowest BCUT2D eigenvalue weighted by atomic mass is 10.1. The molecule has 28 heavy (non-hydrogen) atoms. The van der Waals surface area contributed by atoms with E-state index in [-0.39, 0.29) is 17.0 Å². The number of hydrogen-bond acceptors (Lipinski definition) is 9. The minimum absolute atomic E-state index is 0.0409. The van der Waals surface area contributed by atoms with Crippen LogP contribution >= 0.6 is 0 Å². The molecule has 0 aliphatic carbocycles. The molecule has 0 saturated carbocycles. The van der Waals surface area contributed by atoms with Gasteiger partial charge in [-0.2, -0.15) is 8.42 Å². The Labute approximate surface area is 159 Å². The lowest BCUT2D eigenvalue weighted by Gasteiger charge is -2.23. The number of methoxy groups -OCH3 is 2. The van der Waals surface area contributed by atoms with Gasteiger partial charge in [-0.25, -0.2) is 9.59 Å². The summed E-state index contributed by atoms with van der Waals surface area (Å²) >= 11 is 0. The monoisotopic (exact) mass is 410 g/mol. The maximum atomic E-state index is 12.3. The minimum atomic E-state index is -4.86. The molecule has 1 heterocycles. The van der Waals surface area contributed by atoms with Crippen LogP contribution in [0.3, 0.4) is 0 Å². The summed E-state index contributed by atoms with van der Waals surface area (Å²) in [4.78, 5) is 34.8. The lowest BCUT2D eigenvalue weighted by Crippen LogP contribution is -2.27. The van der Waals surface area contributed by atoms with Gasteiger partial charge in [0.15, 0.2) is 4.90 Å². The first kappa shape index (κ1) is 20.8. The number of allylic oxidation sites excluding steroid dienone is 2. The van der Waals surface area contributed by atoms with Crippen molar-refractivity contribution < 1.29 is 37.0 Å². The van der Waals surface area contributed by atoms with Crippen molar-refractivity contribution in [1.29, 1.82) is 0 Å². The number of esters is 2. The number of hydrogen-bond donors (Lipinski definition) is 1. The van der Waals surface area contributed by atoms with Crippen molar-refractivity contribution in [2.45, 2.75) is 4.90 Å². The second-order valence-electron chi connectivity index (χ2n) is 5.20. The van der Waals surface area contributed by atoms with Crippen molar-refractivity contribution in [3.63, 3.8) is 0 Å². The highest BCUT2D eigenvalue weighted by molar-refractivity contribution is 7.86. The average Bonchev–Trinajstić information content (AvgIpc) is 2.88. The van der Waals surface area contributed by atoms with E-state index in [1.165, 1.54) is 24.4 Å². The summed E-state index contributed by atoms with van der Waals surface area (Å²) in [5, 5.41) is 11.3. The van der Waals surface area contributed by atoms with Gasteiger partial charge in [0.05, 0.1) is 30.4 Å². The van der Waals surface area contributed by atoms with Crippen LogP contribution in [0.15, 0.2) is 58.8 Å². The van der Waals surface area contributed by atoms with E-state index in [4.69, 9.17) is 4.74 Å². The molecular weight excluding hydrogens is 396 g/mol. The van der Waals surface area contributed by atoms with Crippen LogP contribution < -0.4 is 4.90 Å². The van der Waals surface area contributed by atoms with Crippen LogP contribution in [0.5, 0.6) is 0 Å². The van der Waals surface area contributed by atoms with Crippen molar-refractivity contribution in [1.82, 2.24) is 0 Å². The summed E-state index contributed by atoms with van der Waals surface area (Å²) in [5.74, 6) is -1.81. The Bertz CT molecular complexity index is 1040. The summed E-state index contributed by atoms with van der Waals surface area (Å²) in [6, 6.07) is 2.75. The third-order valence-electron chi connectivity index (χ3n) is 3.58. The second kappa shape index (κ2) is 8.02. The van der Waals surface area contributed by atoms with Crippen molar-refractivity contribution in [3.05, 3.63) is 64.0 Å². The fourth-order valence-electron chi connectivity index (χ4n) is 2.38. The molecule has 2 rings (SSSR count). The molecule has 0 unspecified atom stereocenters. The van der Waals surface area contributed by atoms with E-state index >= 15 is 0 Å². The molecule has 0 spiro atoms. The van der Waals surface area contributed by atoms with Crippen LogP contribution in [0, 0.1) is 10.1 Å². The molecule has 1 aromatic carbocycles. The summed E-state index contributed by atoms with van der Waals surface area (Å²) in [6.45, 7) is 0. The molecule has 0 atom stereocenters. The van der Waals surface area contributed by atoms with E-state index < -0.39 is 37.6 Å². The number of rotatable bonds is 5. The van der Waals surface area contributed by atoms with E-state index in [0.29, 0.717) is 0 Å². The Morgan fingerprint density at radius 2 is 1.79 bits per heavy atom. The van der Waals surface area contributed by atoms with Crippen molar-refractivity contribution in [2.75, 3.05) is 19.1 Å². The molecule has 0 fully saturated rings. The first-order chi connectivity index (χ1) is 13.1. The zero-order valence-electron chi connectivity index (χ0n) is 14.6. The highest BCUT2D eigenvalue weighted by Gasteiger charge is 2.30. The molecule has 12 heteroatoms. The quantitative estimate of drug-likeness (QED) is 0.325. The number of benzene rings is 1. The highest BCUT2D eigenvalue weighted by atomic mass is 32.2. The molecule has 1 aliphatic heterocycles. The Hall–Kier alpha value is -3.51. The summed E-state index contributed by atoms with van der Waals surface area (Å²) in [5.41, 5.74) is -1.47. The van der Waals surface area contributed by atoms with Gasteiger partial charge in [-0.05, 0) is 24.3 Å². The Kier molecular flexibility index (Phi) is 5.96. The topological polar surface area (TPSA) is 153 Å². The third-order valence-corrected chi connectivity index (χ3v) is 4.49. The molecular formula is C16H14N2O9S. The van der Waals surface area contributed by atoms with Crippen molar-refractivity contribution >= 4 is 33.4 Å². The van der Waals surface area contributed by atoms with Gasteiger partial charge < -0.3 is 14.4 Å². The maximum absolute atomic E-state index is 12.3. The van der Waals surface area contributed by atoms with Gasteiger partial charge >= 0.3 is 22.1 Å². The fraction of sp³-hybridized carbons (Fsp3) is 0.125. The van der Waals surface area contributed by atoms with E-state index in [1.807, 2.05) is 0 Å². The van der Waals surface area contributed by atoms with Gasteiger partial charge in [-0.3, -0.25) is 14.7 Å². The molecule has 0 amide bonds. The summed E-state index contributed by atoms with van der Waals surface area (Å²) in [6.07, 6.45) is 5.46. The van der Waals surface area contributed by atoms with Crippen molar-refractivity contribution in [2.24, 2.45) is 0 Å². The van der Waals surface area contributed by atoms with Crippen LogP contribution in [-0.2, 0) is 29.2 Å². The number of nitro benzene ring substituents is 1. The van der Waals surface area contributed by atoms with Crippen LogP contribution in [-0.4, -0.2) is 44.1 Å². The van der Waals surface area contributed by atoms with Gasteiger partial charge in [0, 0.05) is 12.3 Å². The molecule has 148 valence electrons. The van der Waals surface area contributed by atoms with Crippen LogP contribution in [0.25, 0.3) is 0 Å². The standard InChI is InChI=1S/C16H14N2O9S/c1-26-15(19)11-5-3-4-8-17(14(11)16(20)27-2)10-6-7-13(28(23,24)25)12(9-10)18(21)22/h3-9H,1-2H3,(H,23,24,25). The Morgan fingerprint density at radius 1 is 1.14 bits per heavy atom. The number of anilines is 1. The molecule has 0 radical (unpaired) electrons. The SMILES string of the molecule is COC(=O)C1=C(C(=O)OC)N(c2ccc(S(=O)(=O)O)c([N+](=O)[O-])c2)C=CC=C1. The number of nitro groups is 1. The van der Waals surface area contributed by atoms with Crippen LogP contribution in [0.2, 0.25) is 0 Å². The van der Waals surface area contributed by atoms with Crippen LogP contribution in [0.1, 0.15) is 0 Å². The molecule has 1 N–H and O–H groups in total. The number of nitrogens with zero attached hydrogens (tertiary/aromatic N) is 2. The van der Waals surface area contributed by atoms with Gasteiger partial charge in [0.25, 0.3) is 5.69 Å². The molecule has 0 saturated heterocycles. The minimum Gasteiger partial charge on any atom is -0.465 e. The summed E-state index contributed by atoms with van der Waals surface area (Å²) < 4.78 is 41.3. The first-order valence-electron chi connectivity index (χ1n) is 7.42. The predicted molar refractivity (Wildman–Crippen MR) is 94.7 cm³/mol. The van der Waals surface area contributed by atoms with Crippen molar-refractivity contribution in [3.8, 4) is 0 Å². The number of carbonyl (C=O) groups is 2. The first-order valence-corrected chi connectivity index (χ1v) is 8.86. The molecule has 11 nitrogen and oxygen atoms in total. The lowest BCUT2D eigenvalue weighted by molar-refractivity contribution is -0.387. The fourth-order valence-corrected chi connectivity index (χ4v) is 3.02. The highest BCUT2D eigenvalue weighted by Crippen LogP contribution is 2.32. The third kappa shape index (κ3) is 4.07. The smallest absolute Gasteiger partial charge is 0.355 e. The Balaban J connectivity index is 2.77. The summed E-state index contributed by atoms with van der Waals surface area (Å²) in [7, 11) is -2.69. The zero-order valence-corrected chi connectivity index (χ0v) is 15.4. The predicted octanol–water partition coefficient (Wildman–Crippen LogP) is 1.33. The second-order valence-corrected chi connectivity index (χ2v) is 6.59. The van der Waals surface area contributed by atoms with E-state index in [1.54, 1.807) is 0 Å². The average molecular weight is 410 g/mol. The molecule has 0 aromatic heterocycles. The molecule has 1 aromatic rings. The zero-order chi connectivity index (χ0) is 21.1. The van der Waals surface area contributed by atoms with Crippen LogP contribution in [0.4, 0.5) is 11.4 Å². The number of carbonyl (C=O) groups excluding carboxylic acids is 2.